The van der Waals surface area contributed by atoms with Crippen LogP contribution in [0.25, 0.3) is 55.0 Å². The Morgan fingerprint density at radius 2 is 1.02 bits per heavy atom. The Bertz CT molecular complexity index is 2300. The quantitative estimate of drug-likeness (QED) is 0.191. The Kier molecular flexibility index (Phi) is 5.48. The third kappa shape index (κ3) is 3.82. The molecule has 4 fully saturated rings. The van der Waals surface area contributed by atoms with Crippen LogP contribution in [0.3, 0.4) is 0 Å². The predicted octanol–water partition coefficient (Wildman–Crippen LogP) is 11.6. The minimum Gasteiger partial charge on any atom is -0.309 e. The van der Waals surface area contributed by atoms with Crippen LogP contribution >= 0.6 is 0 Å². The Hall–Kier alpha value is -4.30. The van der Waals surface area contributed by atoms with Gasteiger partial charge in [0.15, 0.2) is 0 Å². The van der Waals surface area contributed by atoms with E-state index in [1.807, 2.05) is 0 Å². The molecule has 5 aromatic carbocycles. The van der Waals surface area contributed by atoms with Gasteiger partial charge in [0.1, 0.15) is 0 Å². The normalized spacial score (nSPS) is 24.2. The first-order valence-electron chi connectivity index (χ1n) is 17.5. The molecule has 0 amide bonds. The fourth-order valence-electron chi connectivity index (χ4n) is 10.5. The van der Waals surface area contributed by atoms with Gasteiger partial charge in [0.25, 0.3) is 0 Å². The van der Waals surface area contributed by atoms with Gasteiger partial charge in [0, 0.05) is 32.9 Å². The molecule has 0 atom stereocenters. The highest BCUT2D eigenvalue weighted by molar-refractivity contribution is 6.12. The summed E-state index contributed by atoms with van der Waals surface area (Å²) in [5.41, 5.74) is 11.0. The van der Waals surface area contributed by atoms with E-state index in [0.29, 0.717) is 5.41 Å². The first-order chi connectivity index (χ1) is 22.3. The van der Waals surface area contributed by atoms with Crippen LogP contribution in [0, 0.1) is 17.8 Å². The topological polar surface area (TPSA) is 9.86 Å². The zero-order valence-corrected chi connectivity index (χ0v) is 27.3. The summed E-state index contributed by atoms with van der Waals surface area (Å²) in [6, 6.07) is 41.7. The molecule has 2 heterocycles. The number of fused-ring (bicyclic) bond motifs is 6. The maximum Gasteiger partial charge on any atom is 0.0542 e. The molecular weight excluding hydrogens is 556 g/mol. The summed E-state index contributed by atoms with van der Waals surface area (Å²) in [6.07, 6.45) is 8.68. The molecule has 4 saturated carbocycles. The summed E-state index contributed by atoms with van der Waals surface area (Å²) in [4.78, 5) is 0. The van der Waals surface area contributed by atoms with Crippen molar-refractivity contribution in [2.75, 3.05) is 0 Å². The predicted molar refractivity (Wildman–Crippen MR) is 194 cm³/mol. The van der Waals surface area contributed by atoms with Crippen molar-refractivity contribution < 1.29 is 0 Å². The van der Waals surface area contributed by atoms with Crippen molar-refractivity contribution in [3.8, 4) is 11.4 Å². The number of aromatic nitrogens is 2. The molecule has 11 rings (SSSR count). The van der Waals surface area contributed by atoms with E-state index in [1.54, 1.807) is 5.56 Å². The second kappa shape index (κ2) is 9.38. The lowest BCUT2D eigenvalue weighted by Gasteiger charge is -2.57. The standard InChI is InChI=1S/C44H42N2/c1-43(2,3)31-9-8-10-33(22-31)45-40-14-7-5-12-36(40)38-24-34(16-18-42(38)45)46-39-13-6-4-11-35(39)37-23-32(15-17-41(37)46)44-25-28-19-29(26-44)21-30(20-28)27-44/h4-18,22-24,28-30H,19-21,25-27H2,1-3H3. The number of rotatable bonds is 3. The molecule has 4 aliphatic carbocycles. The highest BCUT2D eigenvalue weighted by atomic mass is 15.0. The lowest BCUT2D eigenvalue weighted by molar-refractivity contribution is -0.00512. The average Bonchev–Trinajstić information content (AvgIpc) is 3.56. The molecule has 228 valence electrons. The first-order valence-corrected chi connectivity index (χ1v) is 17.5. The van der Waals surface area contributed by atoms with Gasteiger partial charge >= 0.3 is 0 Å². The Morgan fingerprint density at radius 1 is 0.500 bits per heavy atom. The monoisotopic (exact) mass is 598 g/mol. The number of hydrogen-bond donors (Lipinski definition) is 0. The molecule has 2 nitrogen and oxygen atoms in total. The largest absolute Gasteiger partial charge is 0.309 e. The van der Waals surface area contributed by atoms with E-state index in [0.717, 1.165) is 17.8 Å². The van der Waals surface area contributed by atoms with Crippen molar-refractivity contribution in [1.29, 1.82) is 0 Å². The summed E-state index contributed by atoms with van der Waals surface area (Å²) in [6.45, 7) is 6.88. The van der Waals surface area contributed by atoms with Gasteiger partial charge in [-0.15, -0.1) is 0 Å². The van der Waals surface area contributed by atoms with Gasteiger partial charge in [-0.1, -0.05) is 75.4 Å². The van der Waals surface area contributed by atoms with Crippen LogP contribution in [-0.4, -0.2) is 9.13 Å². The zero-order valence-electron chi connectivity index (χ0n) is 27.3. The lowest BCUT2D eigenvalue weighted by atomic mass is 9.48. The fraction of sp³-hybridized carbons (Fsp3) is 0.318. The van der Waals surface area contributed by atoms with E-state index in [9.17, 15) is 0 Å². The number of nitrogens with zero attached hydrogens (tertiary/aromatic N) is 2. The van der Waals surface area contributed by atoms with Gasteiger partial charge in [0.05, 0.1) is 22.1 Å². The van der Waals surface area contributed by atoms with Crippen LogP contribution in [0.5, 0.6) is 0 Å². The number of para-hydroxylation sites is 2. The van der Waals surface area contributed by atoms with Crippen LogP contribution in [0.4, 0.5) is 0 Å². The molecule has 4 aliphatic rings. The molecule has 7 aromatic rings. The third-order valence-electron chi connectivity index (χ3n) is 12.2. The van der Waals surface area contributed by atoms with Gasteiger partial charge in [-0.05, 0) is 133 Å². The van der Waals surface area contributed by atoms with Crippen molar-refractivity contribution in [2.45, 2.75) is 70.1 Å². The Morgan fingerprint density at radius 3 is 1.63 bits per heavy atom. The molecule has 2 aromatic heterocycles. The van der Waals surface area contributed by atoms with Crippen LogP contribution in [-0.2, 0) is 10.8 Å². The van der Waals surface area contributed by atoms with Crippen molar-refractivity contribution in [1.82, 2.24) is 9.13 Å². The molecule has 46 heavy (non-hydrogen) atoms. The minimum absolute atomic E-state index is 0.0913. The fourth-order valence-corrected chi connectivity index (χ4v) is 10.5. The van der Waals surface area contributed by atoms with Crippen LogP contribution < -0.4 is 0 Å². The molecule has 4 bridgehead atoms. The maximum atomic E-state index is 2.61. The van der Waals surface area contributed by atoms with Crippen molar-refractivity contribution in [3.05, 3.63) is 120 Å². The van der Waals surface area contributed by atoms with Gasteiger partial charge in [-0.25, -0.2) is 0 Å². The van der Waals surface area contributed by atoms with Crippen LogP contribution in [0.15, 0.2) is 109 Å². The molecule has 0 N–H and O–H groups in total. The Balaban J connectivity index is 1.17. The smallest absolute Gasteiger partial charge is 0.0542 e. The summed E-state index contributed by atoms with van der Waals surface area (Å²) >= 11 is 0. The summed E-state index contributed by atoms with van der Waals surface area (Å²) < 4.78 is 4.97. The second-order valence-corrected chi connectivity index (χ2v) is 16.1. The molecule has 0 aliphatic heterocycles. The average molecular weight is 599 g/mol. The van der Waals surface area contributed by atoms with E-state index >= 15 is 0 Å². The van der Waals surface area contributed by atoms with Crippen LogP contribution in [0.1, 0.15) is 70.4 Å². The first kappa shape index (κ1) is 26.9. The van der Waals surface area contributed by atoms with Gasteiger partial charge in [-0.2, -0.15) is 0 Å². The third-order valence-corrected chi connectivity index (χ3v) is 12.2. The maximum absolute atomic E-state index is 2.61. The van der Waals surface area contributed by atoms with E-state index in [2.05, 4.69) is 139 Å². The molecular formula is C44H42N2. The Labute approximate surface area is 271 Å². The lowest BCUT2D eigenvalue weighted by Crippen LogP contribution is -2.48. The molecule has 2 heteroatoms. The van der Waals surface area contributed by atoms with Gasteiger partial charge in [-0.3, -0.25) is 0 Å². The van der Waals surface area contributed by atoms with Crippen molar-refractivity contribution in [2.24, 2.45) is 17.8 Å². The summed E-state index contributed by atoms with van der Waals surface area (Å²) in [5, 5.41) is 5.37. The highest BCUT2D eigenvalue weighted by Crippen LogP contribution is 2.61. The zero-order chi connectivity index (χ0) is 30.8. The van der Waals surface area contributed by atoms with Gasteiger partial charge < -0.3 is 9.13 Å². The van der Waals surface area contributed by atoms with Crippen molar-refractivity contribution in [3.63, 3.8) is 0 Å². The number of hydrogen-bond acceptors (Lipinski definition) is 0. The second-order valence-electron chi connectivity index (χ2n) is 16.1. The SMILES string of the molecule is CC(C)(C)c1cccc(-n2c3ccccc3c3cc(-n4c5ccccc5c5cc(C67CC8CC(CC(C8)C6)C7)ccc54)ccc32)c1. The summed E-state index contributed by atoms with van der Waals surface area (Å²) in [5.74, 6) is 2.86. The van der Waals surface area contributed by atoms with Crippen molar-refractivity contribution >= 4 is 43.6 Å². The van der Waals surface area contributed by atoms with E-state index in [4.69, 9.17) is 0 Å². The molecule has 0 spiro atoms. The molecule has 0 saturated heterocycles. The van der Waals surface area contributed by atoms with E-state index < -0.39 is 0 Å². The molecule has 0 unspecified atom stereocenters. The highest BCUT2D eigenvalue weighted by Gasteiger charge is 2.51. The van der Waals surface area contributed by atoms with E-state index in [-0.39, 0.29) is 5.41 Å². The van der Waals surface area contributed by atoms with Crippen LogP contribution in [0.2, 0.25) is 0 Å². The molecule has 0 radical (unpaired) electrons. The number of benzene rings is 5. The minimum atomic E-state index is 0.0913. The van der Waals surface area contributed by atoms with Gasteiger partial charge in [0.2, 0.25) is 0 Å². The van der Waals surface area contributed by atoms with E-state index in [1.165, 1.54) is 99.1 Å². The summed E-state index contributed by atoms with van der Waals surface area (Å²) in [7, 11) is 0.